The number of hydrogen-bond acceptors (Lipinski definition) is 4. The molecule has 0 saturated heterocycles. The van der Waals surface area contributed by atoms with Crippen LogP contribution in [-0.4, -0.2) is 24.0 Å². The van der Waals surface area contributed by atoms with E-state index in [1.807, 2.05) is 0 Å². The lowest BCUT2D eigenvalue weighted by molar-refractivity contribution is 0.0889. The second kappa shape index (κ2) is 5.20. The van der Waals surface area contributed by atoms with E-state index in [1.165, 1.54) is 0 Å². The van der Waals surface area contributed by atoms with Gasteiger partial charge in [-0.3, -0.25) is 4.79 Å². The fraction of sp³-hybridized carbons (Fsp3) is 0.462. The van der Waals surface area contributed by atoms with Gasteiger partial charge in [0, 0.05) is 11.5 Å². The highest BCUT2D eigenvalue weighted by atomic mass is 32.2. The molecule has 18 heavy (non-hydrogen) atoms. The van der Waals surface area contributed by atoms with Gasteiger partial charge in [-0.15, -0.1) is 0 Å². The maximum absolute atomic E-state index is 12.3. The number of benzene rings is 1. The Morgan fingerprint density at radius 2 is 1.72 bits per heavy atom. The van der Waals surface area contributed by atoms with Crippen molar-refractivity contribution in [1.82, 2.24) is 0 Å². The summed E-state index contributed by atoms with van der Waals surface area (Å²) in [5.41, 5.74) is 0.484. The van der Waals surface area contributed by atoms with E-state index in [1.54, 1.807) is 30.3 Å². The quantitative estimate of drug-likeness (QED) is 0.620. The van der Waals surface area contributed by atoms with E-state index in [4.69, 9.17) is 0 Å². The lowest BCUT2D eigenvalue weighted by Crippen LogP contribution is -2.37. The summed E-state index contributed by atoms with van der Waals surface area (Å²) in [7, 11) is -4.40. The lowest BCUT2D eigenvalue weighted by Gasteiger charge is -2.32. The molecule has 5 heteroatoms. The van der Waals surface area contributed by atoms with Gasteiger partial charge in [0.2, 0.25) is 0 Å². The topological polar surface area (TPSA) is 74.3 Å². The SMILES string of the molecule is O=C(c1ccccc1)[C@@H]1CCCC[C@@H]1S(=O)(=O)[O-]. The van der Waals surface area contributed by atoms with Gasteiger partial charge in [0.25, 0.3) is 0 Å². The van der Waals surface area contributed by atoms with Gasteiger partial charge in [0.05, 0.1) is 15.4 Å². The van der Waals surface area contributed by atoms with E-state index in [-0.39, 0.29) is 5.78 Å². The largest absolute Gasteiger partial charge is 0.748 e. The van der Waals surface area contributed by atoms with Gasteiger partial charge in [0.15, 0.2) is 5.78 Å². The summed E-state index contributed by atoms with van der Waals surface area (Å²) >= 11 is 0. The third-order valence-corrected chi connectivity index (χ3v) is 4.77. The first-order valence-corrected chi connectivity index (χ1v) is 7.51. The summed E-state index contributed by atoms with van der Waals surface area (Å²) < 4.78 is 33.7. The van der Waals surface area contributed by atoms with Crippen LogP contribution in [0.25, 0.3) is 0 Å². The molecular formula is C13H15O4S-. The Morgan fingerprint density at radius 1 is 1.11 bits per heavy atom. The Labute approximate surface area is 107 Å². The van der Waals surface area contributed by atoms with Crippen LogP contribution in [0.4, 0.5) is 0 Å². The van der Waals surface area contributed by atoms with Crippen molar-refractivity contribution in [3.63, 3.8) is 0 Å². The van der Waals surface area contributed by atoms with Crippen LogP contribution in [0, 0.1) is 5.92 Å². The minimum atomic E-state index is -4.40. The van der Waals surface area contributed by atoms with Gasteiger partial charge in [-0.25, -0.2) is 8.42 Å². The van der Waals surface area contributed by atoms with Crippen LogP contribution in [0.1, 0.15) is 36.0 Å². The molecule has 2 atom stereocenters. The molecule has 1 aliphatic rings. The average molecular weight is 267 g/mol. The second-order valence-electron chi connectivity index (χ2n) is 4.65. The summed E-state index contributed by atoms with van der Waals surface area (Å²) in [5, 5.41) is -1.06. The maximum atomic E-state index is 12.3. The summed E-state index contributed by atoms with van der Waals surface area (Å²) in [6, 6.07) is 8.57. The molecule has 1 aromatic carbocycles. The number of carbonyl (C=O) groups excluding carboxylic acids is 1. The van der Waals surface area contributed by atoms with Crippen molar-refractivity contribution >= 4 is 15.9 Å². The number of carbonyl (C=O) groups is 1. The molecule has 0 aromatic heterocycles. The molecule has 2 rings (SSSR count). The molecule has 0 heterocycles. The highest BCUT2D eigenvalue weighted by Crippen LogP contribution is 2.31. The van der Waals surface area contributed by atoms with Crippen LogP contribution >= 0.6 is 0 Å². The predicted molar refractivity (Wildman–Crippen MR) is 66.2 cm³/mol. The first kappa shape index (κ1) is 13.2. The van der Waals surface area contributed by atoms with Gasteiger partial charge in [-0.2, -0.15) is 0 Å². The van der Waals surface area contributed by atoms with Gasteiger partial charge in [-0.05, 0) is 12.8 Å². The normalized spacial score (nSPS) is 24.7. The fourth-order valence-electron chi connectivity index (χ4n) is 2.56. The number of ketones is 1. The van der Waals surface area contributed by atoms with Crippen LogP contribution in [-0.2, 0) is 10.1 Å². The minimum absolute atomic E-state index is 0.222. The Hall–Kier alpha value is -1.20. The van der Waals surface area contributed by atoms with Crippen molar-refractivity contribution in [2.24, 2.45) is 5.92 Å². The predicted octanol–water partition coefficient (Wildman–Crippen LogP) is 1.97. The highest BCUT2D eigenvalue weighted by Gasteiger charge is 2.35. The summed E-state index contributed by atoms with van der Waals surface area (Å²) in [4.78, 5) is 12.3. The van der Waals surface area contributed by atoms with E-state index < -0.39 is 21.3 Å². The molecule has 0 radical (unpaired) electrons. The molecule has 0 bridgehead atoms. The molecule has 1 aliphatic carbocycles. The van der Waals surface area contributed by atoms with Crippen LogP contribution in [0.15, 0.2) is 30.3 Å². The van der Waals surface area contributed by atoms with Crippen molar-refractivity contribution < 1.29 is 17.8 Å². The van der Waals surface area contributed by atoms with Crippen molar-refractivity contribution in [3.8, 4) is 0 Å². The molecule has 1 saturated carbocycles. The van der Waals surface area contributed by atoms with Crippen LogP contribution in [0.2, 0.25) is 0 Å². The lowest BCUT2D eigenvalue weighted by atomic mass is 9.83. The number of rotatable bonds is 3. The summed E-state index contributed by atoms with van der Waals surface area (Å²) in [6.07, 6.45) is 2.29. The van der Waals surface area contributed by atoms with E-state index in [0.29, 0.717) is 24.8 Å². The Balaban J connectivity index is 2.28. The van der Waals surface area contributed by atoms with Crippen LogP contribution in [0.5, 0.6) is 0 Å². The van der Waals surface area contributed by atoms with Gasteiger partial charge in [-0.1, -0.05) is 43.2 Å². The van der Waals surface area contributed by atoms with Crippen LogP contribution < -0.4 is 0 Å². The van der Waals surface area contributed by atoms with Crippen molar-refractivity contribution in [2.75, 3.05) is 0 Å². The van der Waals surface area contributed by atoms with Crippen molar-refractivity contribution in [3.05, 3.63) is 35.9 Å². The molecule has 0 spiro atoms. The first-order chi connectivity index (χ1) is 8.50. The van der Waals surface area contributed by atoms with Gasteiger partial charge >= 0.3 is 0 Å². The third kappa shape index (κ3) is 2.79. The van der Waals surface area contributed by atoms with E-state index in [2.05, 4.69) is 0 Å². The smallest absolute Gasteiger partial charge is 0.167 e. The monoisotopic (exact) mass is 267 g/mol. The van der Waals surface area contributed by atoms with E-state index in [9.17, 15) is 17.8 Å². The zero-order chi connectivity index (χ0) is 13.2. The molecule has 4 nitrogen and oxygen atoms in total. The van der Waals surface area contributed by atoms with Crippen molar-refractivity contribution in [2.45, 2.75) is 30.9 Å². The third-order valence-electron chi connectivity index (χ3n) is 3.47. The Kier molecular flexibility index (Phi) is 3.82. The zero-order valence-corrected chi connectivity index (χ0v) is 10.7. The molecule has 0 aliphatic heterocycles. The number of Topliss-reactive ketones (excluding diaryl/α,β-unsaturated/α-hetero) is 1. The zero-order valence-electron chi connectivity index (χ0n) is 9.91. The van der Waals surface area contributed by atoms with Crippen molar-refractivity contribution in [1.29, 1.82) is 0 Å². The molecule has 0 N–H and O–H groups in total. The molecule has 0 unspecified atom stereocenters. The molecule has 1 fully saturated rings. The first-order valence-electron chi connectivity index (χ1n) is 6.04. The molecule has 0 amide bonds. The summed E-state index contributed by atoms with van der Waals surface area (Å²) in [5.74, 6) is -0.900. The molecule has 1 aromatic rings. The second-order valence-corrected chi connectivity index (χ2v) is 6.24. The average Bonchev–Trinajstić information content (AvgIpc) is 2.38. The highest BCUT2D eigenvalue weighted by molar-refractivity contribution is 7.86. The maximum Gasteiger partial charge on any atom is 0.167 e. The Morgan fingerprint density at radius 3 is 2.33 bits per heavy atom. The fourth-order valence-corrected chi connectivity index (χ4v) is 3.68. The molecule has 98 valence electrons. The number of hydrogen-bond donors (Lipinski definition) is 0. The minimum Gasteiger partial charge on any atom is -0.748 e. The Bertz CT molecular complexity index is 521. The van der Waals surface area contributed by atoms with Crippen LogP contribution in [0.3, 0.4) is 0 Å². The summed E-state index contributed by atoms with van der Waals surface area (Å²) in [6.45, 7) is 0. The standard InChI is InChI=1S/C13H16O4S/c14-13(10-6-2-1-3-7-10)11-8-4-5-9-12(11)18(15,16)17/h1-3,6-7,11-12H,4-5,8-9H2,(H,15,16,17)/p-1/t11-,12+/m1/s1. The van der Waals surface area contributed by atoms with E-state index >= 15 is 0 Å². The van der Waals surface area contributed by atoms with E-state index in [0.717, 1.165) is 6.42 Å². The molecular weight excluding hydrogens is 252 g/mol. The van der Waals surface area contributed by atoms with Gasteiger partial charge in [0.1, 0.15) is 0 Å². The van der Waals surface area contributed by atoms with Gasteiger partial charge < -0.3 is 4.55 Å².